The zero-order valence-corrected chi connectivity index (χ0v) is 11.5. The number of amides is 1. The Balaban J connectivity index is 2.42. The molecule has 0 fully saturated rings. The van der Waals surface area contributed by atoms with E-state index >= 15 is 0 Å². The van der Waals surface area contributed by atoms with E-state index in [1.165, 1.54) is 11.1 Å². The zero-order valence-electron chi connectivity index (χ0n) is 11.5. The first-order valence-electron chi connectivity index (χ1n) is 6.40. The van der Waals surface area contributed by atoms with Gasteiger partial charge in [-0.3, -0.25) is 4.79 Å². The van der Waals surface area contributed by atoms with Gasteiger partial charge in [-0.1, -0.05) is 45.0 Å². The number of carbonyl (C=O) groups is 1. The van der Waals surface area contributed by atoms with Crippen LogP contribution in [0.15, 0.2) is 24.3 Å². The number of carbonyl (C=O) groups excluding carboxylic acids is 1. The molecule has 0 atom stereocenters. The van der Waals surface area contributed by atoms with Crippen molar-refractivity contribution >= 4 is 5.91 Å². The lowest BCUT2D eigenvalue weighted by atomic mass is 9.86. The number of aliphatic hydroxyl groups is 1. The molecule has 0 spiro atoms. The Labute approximate surface area is 109 Å². The molecule has 3 heteroatoms. The van der Waals surface area contributed by atoms with Gasteiger partial charge in [0.15, 0.2) is 0 Å². The first-order chi connectivity index (χ1) is 8.43. The fraction of sp³-hybridized carbons (Fsp3) is 0.533. The summed E-state index contributed by atoms with van der Waals surface area (Å²) in [5.41, 5.74) is 2.70. The van der Waals surface area contributed by atoms with E-state index in [2.05, 4.69) is 50.4 Å². The van der Waals surface area contributed by atoms with Crippen LogP contribution in [0.5, 0.6) is 0 Å². The van der Waals surface area contributed by atoms with Crippen molar-refractivity contribution in [3.05, 3.63) is 35.4 Å². The molecule has 1 rings (SSSR count). The molecule has 100 valence electrons. The van der Waals surface area contributed by atoms with E-state index in [1.807, 2.05) is 0 Å². The fourth-order valence-corrected chi connectivity index (χ4v) is 1.71. The average Bonchev–Trinajstić information content (AvgIpc) is 2.29. The third-order valence-electron chi connectivity index (χ3n) is 2.89. The highest BCUT2D eigenvalue weighted by atomic mass is 16.3. The molecule has 1 amide bonds. The van der Waals surface area contributed by atoms with Crippen molar-refractivity contribution in [2.24, 2.45) is 0 Å². The topological polar surface area (TPSA) is 49.3 Å². The smallest absolute Gasteiger partial charge is 0.222 e. The van der Waals surface area contributed by atoms with Gasteiger partial charge in [0.05, 0.1) is 6.61 Å². The van der Waals surface area contributed by atoms with E-state index in [1.54, 1.807) is 0 Å². The lowest BCUT2D eigenvalue weighted by Gasteiger charge is -2.19. The Hall–Kier alpha value is -1.35. The Morgan fingerprint density at radius 1 is 1.22 bits per heavy atom. The molecular formula is C15H23NO2. The summed E-state index contributed by atoms with van der Waals surface area (Å²) in [6, 6.07) is 8.51. The van der Waals surface area contributed by atoms with Gasteiger partial charge in [-0.25, -0.2) is 0 Å². The van der Waals surface area contributed by atoms with Crippen LogP contribution in [0.2, 0.25) is 0 Å². The highest BCUT2D eigenvalue weighted by molar-refractivity contribution is 5.75. The van der Waals surface area contributed by atoms with Gasteiger partial charge in [0.1, 0.15) is 0 Å². The van der Waals surface area contributed by atoms with Crippen LogP contribution in [0, 0.1) is 0 Å². The summed E-state index contributed by atoms with van der Waals surface area (Å²) in [7, 11) is 0. The van der Waals surface area contributed by atoms with E-state index in [0.717, 1.165) is 6.42 Å². The molecule has 0 unspecified atom stereocenters. The summed E-state index contributed by atoms with van der Waals surface area (Å²) in [6.45, 7) is 7.10. The van der Waals surface area contributed by atoms with Gasteiger partial charge in [-0.15, -0.1) is 0 Å². The number of rotatable bonds is 5. The maximum atomic E-state index is 11.1. The van der Waals surface area contributed by atoms with Crippen LogP contribution in [-0.4, -0.2) is 24.2 Å². The summed E-state index contributed by atoms with van der Waals surface area (Å²) in [4.78, 5) is 11.1. The molecule has 0 saturated heterocycles. The van der Waals surface area contributed by atoms with Crippen LogP contribution in [0.4, 0.5) is 0 Å². The van der Waals surface area contributed by atoms with Gasteiger partial charge in [-0.05, 0) is 23.0 Å². The minimum Gasteiger partial charge on any atom is -0.396 e. The van der Waals surface area contributed by atoms with Crippen molar-refractivity contribution in [1.29, 1.82) is 0 Å². The van der Waals surface area contributed by atoms with Crippen molar-refractivity contribution in [1.82, 2.24) is 5.32 Å². The van der Waals surface area contributed by atoms with E-state index in [0.29, 0.717) is 6.54 Å². The van der Waals surface area contributed by atoms with Crippen molar-refractivity contribution < 1.29 is 9.90 Å². The normalized spacial score (nSPS) is 11.3. The summed E-state index contributed by atoms with van der Waals surface area (Å²) in [5.74, 6) is -0.0937. The van der Waals surface area contributed by atoms with Gasteiger partial charge in [0.2, 0.25) is 5.91 Å². The molecule has 0 aliphatic heterocycles. The molecule has 0 aliphatic carbocycles. The molecule has 0 heterocycles. The molecule has 1 aromatic carbocycles. The zero-order chi connectivity index (χ0) is 13.6. The molecule has 0 aliphatic rings. The molecular weight excluding hydrogens is 226 g/mol. The first-order valence-corrected chi connectivity index (χ1v) is 6.40. The molecule has 0 bridgehead atoms. The number of hydrogen-bond donors (Lipinski definition) is 2. The minimum atomic E-state index is -0.0937. The van der Waals surface area contributed by atoms with Gasteiger partial charge >= 0.3 is 0 Å². The summed E-state index contributed by atoms with van der Waals surface area (Å²) in [6.07, 6.45) is 1.00. The highest BCUT2D eigenvalue weighted by Gasteiger charge is 2.12. The first kappa shape index (κ1) is 14.7. The second-order valence-corrected chi connectivity index (χ2v) is 5.52. The van der Waals surface area contributed by atoms with E-state index in [-0.39, 0.29) is 24.3 Å². The molecule has 2 N–H and O–H groups in total. The van der Waals surface area contributed by atoms with Crippen LogP contribution < -0.4 is 5.32 Å². The average molecular weight is 249 g/mol. The van der Waals surface area contributed by atoms with Crippen molar-refractivity contribution in [3.8, 4) is 0 Å². The second kappa shape index (κ2) is 6.55. The second-order valence-electron chi connectivity index (χ2n) is 5.52. The van der Waals surface area contributed by atoms with Crippen molar-refractivity contribution in [2.75, 3.05) is 13.2 Å². The molecule has 0 aromatic heterocycles. The van der Waals surface area contributed by atoms with Crippen molar-refractivity contribution in [3.63, 3.8) is 0 Å². The molecule has 0 radical (unpaired) electrons. The Kier molecular flexibility index (Phi) is 5.35. The summed E-state index contributed by atoms with van der Waals surface area (Å²) < 4.78 is 0. The minimum absolute atomic E-state index is 0.0912. The largest absolute Gasteiger partial charge is 0.396 e. The standard InChI is InChI=1S/C15H23NO2/c1-15(2,3)13-6-4-12(5-7-13)8-10-16-14(18)9-11-17/h4-7,17H,8-11H2,1-3H3,(H,16,18). The predicted octanol–water partition coefficient (Wildman–Crippen LogP) is 2.03. The lowest BCUT2D eigenvalue weighted by molar-refractivity contribution is -0.121. The van der Waals surface area contributed by atoms with Gasteiger partial charge < -0.3 is 10.4 Å². The lowest BCUT2D eigenvalue weighted by Crippen LogP contribution is -2.26. The van der Waals surface area contributed by atoms with Crippen LogP contribution in [0.25, 0.3) is 0 Å². The van der Waals surface area contributed by atoms with E-state index < -0.39 is 0 Å². The molecule has 1 aromatic rings. The summed E-state index contributed by atoms with van der Waals surface area (Å²) >= 11 is 0. The van der Waals surface area contributed by atoms with Crippen LogP contribution in [-0.2, 0) is 16.6 Å². The van der Waals surface area contributed by atoms with Gasteiger partial charge in [0, 0.05) is 13.0 Å². The number of hydrogen-bond acceptors (Lipinski definition) is 2. The molecule has 18 heavy (non-hydrogen) atoms. The Morgan fingerprint density at radius 3 is 2.33 bits per heavy atom. The van der Waals surface area contributed by atoms with E-state index in [4.69, 9.17) is 5.11 Å². The SMILES string of the molecule is CC(C)(C)c1ccc(CCNC(=O)CCO)cc1. The van der Waals surface area contributed by atoms with Crippen molar-refractivity contribution in [2.45, 2.75) is 39.0 Å². The predicted molar refractivity (Wildman–Crippen MR) is 73.6 cm³/mol. The maximum Gasteiger partial charge on any atom is 0.222 e. The molecule has 3 nitrogen and oxygen atoms in total. The number of nitrogens with one attached hydrogen (secondary N) is 1. The van der Waals surface area contributed by atoms with E-state index in [9.17, 15) is 4.79 Å². The highest BCUT2D eigenvalue weighted by Crippen LogP contribution is 2.22. The quantitative estimate of drug-likeness (QED) is 0.839. The third kappa shape index (κ3) is 4.88. The number of benzene rings is 1. The van der Waals surface area contributed by atoms with Gasteiger partial charge in [-0.2, -0.15) is 0 Å². The third-order valence-corrected chi connectivity index (χ3v) is 2.89. The Bertz CT molecular complexity index is 376. The fourth-order valence-electron chi connectivity index (χ4n) is 1.71. The summed E-state index contributed by atoms with van der Waals surface area (Å²) in [5, 5.41) is 11.4. The van der Waals surface area contributed by atoms with Crippen LogP contribution in [0.3, 0.4) is 0 Å². The van der Waals surface area contributed by atoms with Gasteiger partial charge in [0.25, 0.3) is 0 Å². The van der Waals surface area contributed by atoms with Crippen LogP contribution >= 0.6 is 0 Å². The van der Waals surface area contributed by atoms with Crippen LogP contribution in [0.1, 0.15) is 38.3 Å². The number of aliphatic hydroxyl groups excluding tert-OH is 1. The maximum absolute atomic E-state index is 11.1. The monoisotopic (exact) mass is 249 g/mol. The molecule has 0 saturated carbocycles. The Morgan fingerprint density at radius 2 is 1.83 bits per heavy atom.